The number of ether oxygens (including phenoxy) is 1. The molecule has 0 aliphatic heterocycles. The second kappa shape index (κ2) is 7.88. The van der Waals surface area contributed by atoms with E-state index < -0.39 is 0 Å². The zero-order valence-electron chi connectivity index (χ0n) is 14.1. The molecule has 1 atom stereocenters. The van der Waals surface area contributed by atoms with Crippen molar-refractivity contribution in [3.8, 4) is 5.75 Å². The zero-order valence-corrected chi connectivity index (χ0v) is 14.1. The Morgan fingerprint density at radius 1 is 1.05 bits per heavy atom. The fourth-order valence-electron chi connectivity index (χ4n) is 2.45. The van der Waals surface area contributed by atoms with Crippen molar-refractivity contribution in [2.75, 3.05) is 18.5 Å². The quantitative estimate of drug-likeness (QED) is 0.699. The molecule has 0 aliphatic carbocycles. The first-order valence-corrected chi connectivity index (χ1v) is 8.14. The zero-order chi connectivity index (χ0) is 15.9. The number of benzene rings is 2. The van der Waals surface area contributed by atoms with E-state index in [4.69, 9.17) is 4.74 Å². The minimum atomic E-state index is 0.531. The molecule has 118 valence electrons. The van der Waals surface area contributed by atoms with Gasteiger partial charge in [0, 0.05) is 12.2 Å². The molecule has 2 nitrogen and oxygen atoms in total. The van der Waals surface area contributed by atoms with Crippen LogP contribution in [0.25, 0.3) is 0 Å². The van der Waals surface area contributed by atoms with E-state index in [0.717, 1.165) is 24.4 Å². The number of nitrogens with one attached hydrogen (secondary N) is 1. The van der Waals surface area contributed by atoms with Gasteiger partial charge in [-0.1, -0.05) is 38.1 Å². The van der Waals surface area contributed by atoms with Crippen LogP contribution in [-0.2, 0) is 0 Å². The van der Waals surface area contributed by atoms with Crippen molar-refractivity contribution in [3.63, 3.8) is 0 Å². The third-order valence-corrected chi connectivity index (χ3v) is 4.26. The van der Waals surface area contributed by atoms with E-state index in [1.165, 1.54) is 16.7 Å². The van der Waals surface area contributed by atoms with Gasteiger partial charge in [-0.2, -0.15) is 0 Å². The van der Waals surface area contributed by atoms with Gasteiger partial charge >= 0.3 is 0 Å². The lowest BCUT2D eigenvalue weighted by Crippen LogP contribution is -2.12. The average Bonchev–Trinajstić information content (AvgIpc) is 2.54. The van der Waals surface area contributed by atoms with Crippen LogP contribution in [0, 0.1) is 13.8 Å². The van der Waals surface area contributed by atoms with Crippen LogP contribution in [0.3, 0.4) is 0 Å². The van der Waals surface area contributed by atoms with Crippen molar-refractivity contribution in [2.24, 2.45) is 0 Å². The summed E-state index contributed by atoms with van der Waals surface area (Å²) in [6, 6.07) is 14.8. The summed E-state index contributed by atoms with van der Waals surface area (Å²) in [5, 5.41) is 3.42. The molecular weight excluding hydrogens is 270 g/mol. The number of hydrogen-bond acceptors (Lipinski definition) is 2. The van der Waals surface area contributed by atoms with Gasteiger partial charge in [0.15, 0.2) is 0 Å². The van der Waals surface area contributed by atoms with Gasteiger partial charge in [0.1, 0.15) is 12.4 Å². The fourth-order valence-corrected chi connectivity index (χ4v) is 2.45. The summed E-state index contributed by atoms with van der Waals surface area (Å²) in [7, 11) is 0. The minimum Gasteiger partial charge on any atom is -0.491 e. The largest absolute Gasteiger partial charge is 0.491 e. The van der Waals surface area contributed by atoms with E-state index in [1.807, 2.05) is 6.07 Å². The maximum Gasteiger partial charge on any atom is 0.122 e. The molecule has 0 aromatic heterocycles. The first kappa shape index (κ1) is 16.4. The van der Waals surface area contributed by atoms with Crippen molar-refractivity contribution < 1.29 is 4.74 Å². The van der Waals surface area contributed by atoms with Gasteiger partial charge in [-0.05, 0) is 61.1 Å². The van der Waals surface area contributed by atoms with Gasteiger partial charge in [0.2, 0.25) is 0 Å². The highest BCUT2D eigenvalue weighted by atomic mass is 16.5. The molecule has 22 heavy (non-hydrogen) atoms. The molecule has 0 radical (unpaired) electrons. The summed E-state index contributed by atoms with van der Waals surface area (Å²) in [5.41, 5.74) is 5.09. The first-order valence-electron chi connectivity index (χ1n) is 8.14. The van der Waals surface area contributed by atoms with Crippen LogP contribution in [-0.4, -0.2) is 13.2 Å². The van der Waals surface area contributed by atoms with Crippen LogP contribution in [0.5, 0.6) is 5.75 Å². The number of anilines is 1. The normalized spacial score (nSPS) is 12.0. The van der Waals surface area contributed by atoms with Gasteiger partial charge in [-0.15, -0.1) is 0 Å². The van der Waals surface area contributed by atoms with Crippen LogP contribution in [0.4, 0.5) is 5.69 Å². The van der Waals surface area contributed by atoms with Crippen LogP contribution in [0.2, 0.25) is 0 Å². The summed E-state index contributed by atoms with van der Waals surface area (Å²) in [6.45, 7) is 10.2. The molecule has 0 spiro atoms. The summed E-state index contributed by atoms with van der Waals surface area (Å²) >= 11 is 0. The monoisotopic (exact) mass is 297 g/mol. The van der Waals surface area contributed by atoms with Crippen LogP contribution >= 0.6 is 0 Å². The highest BCUT2D eigenvalue weighted by Gasteiger charge is 2.09. The van der Waals surface area contributed by atoms with Crippen LogP contribution in [0.1, 0.15) is 42.9 Å². The molecule has 0 saturated carbocycles. The second-order valence-corrected chi connectivity index (χ2v) is 5.92. The lowest BCUT2D eigenvalue weighted by atomic mass is 9.98. The maximum absolute atomic E-state index is 5.97. The van der Waals surface area contributed by atoms with E-state index >= 15 is 0 Å². The highest BCUT2D eigenvalue weighted by Crippen LogP contribution is 2.28. The van der Waals surface area contributed by atoms with E-state index in [2.05, 4.69) is 69.4 Å². The molecule has 0 bridgehead atoms. The van der Waals surface area contributed by atoms with Crippen molar-refractivity contribution in [3.05, 3.63) is 59.2 Å². The third kappa shape index (κ3) is 4.27. The Bertz CT molecular complexity index is 606. The minimum absolute atomic E-state index is 0.531. The van der Waals surface area contributed by atoms with Crippen molar-refractivity contribution in [1.82, 2.24) is 0 Å². The maximum atomic E-state index is 5.97. The highest BCUT2D eigenvalue weighted by molar-refractivity contribution is 5.48. The average molecular weight is 297 g/mol. The van der Waals surface area contributed by atoms with Crippen molar-refractivity contribution in [1.29, 1.82) is 0 Å². The van der Waals surface area contributed by atoms with E-state index in [0.29, 0.717) is 12.5 Å². The third-order valence-electron chi connectivity index (χ3n) is 4.26. The Morgan fingerprint density at radius 2 is 1.82 bits per heavy atom. The summed E-state index contributed by atoms with van der Waals surface area (Å²) in [6.07, 6.45) is 1.13. The van der Waals surface area contributed by atoms with Gasteiger partial charge in [-0.3, -0.25) is 0 Å². The molecule has 0 aliphatic rings. The predicted molar refractivity (Wildman–Crippen MR) is 95.0 cm³/mol. The molecular formula is C20H27NO. The predicted octanol–water partition coefficient (Wildman–Crippen LogP) is 5.31. The molecule has 2 aromatic rings. The smallest absolute Gasteiger partial charge is 0.122 e. The van der Waals surface area contributed by atoms with Crippen LogP contribution in [0.15, 0.2) is 42.5 Å². The Labute approximate surface area is 134 Å². The Kier molecular flexibility index (Phi) is 5.88. The summed E-state index contributed by atoms with van der Waals surface area (Å²) < 4.78 is 5.97. The molecule has 0 amide bonds. The Hall–Kier alpha value is -1.96. The molecule has 1 N–H and O–H groups in total. The van der Waals surface area contributed by atoms with Gasteiger partial charge in [0.05, 0.1) is 0 Å². The number of hydrogen-bond donors (Lipinski definition) is 1. The SMILES string of the molecule is CCC(C)c1ccccc1OCCNc1ccc(C)c(C)c1. The molecule has 1 unspecified atom stereocenters. The second-order valence-electron chi connectivity index (χ2n) is 5.92. The van der Waals surface area contributed by atoms with Gasteiger partial charge in [-0.25, -0.2) is 0 Å². The molecule has 0 saturated heterocycles. The molecule has 2 rings (SSSR count). The summed E-state index contributed by atoms with van der Waals surface area (Å²) in [4.78, 5) is 0. The number of aryl methyl sites for hydroxylation is 2. The van der Waals surface area contributed by atoms with Crippen molar-refractivity contribution >= 4 is 5.69 Å². The standard InChI is InChI=1S/C20H27NO/c1-5-15(2)19-8-6-7-9-20(19)22-13-12-21-18-11-10-16(3)17(4)14-18/h6-11,14-15,21H,5,12-13H2,1-4H3. The Balaban J connectivity index is 1.87. The lowest BCUT2D eigenvalue weighted by Gasteiger charge is -2.16. The number of para-hydroxylation sites is 1. The van der Waals surface area contributed by atoms with Gasteiger partial charge in [0.25, 0.3) is 0 Å². The van der Waals surface area contributed by atoms with E-state index in [1.54, 1.807) is 0 Å². The number of rotatable bonds is 7. The molecule has 2 heteroatoms. The molecule has 0 heterocycles. The van der Waals surface area contributed by atoms with Crippen molar-refractivity contribution in [2.45, 2.75) is 40.0 Å². The topological polar surface area (TPSA) is 21.3 Å². The Morgan fingerprint density at radius 3 is 2.55 bits per heavy atom. The molecule has 2 aromatic carbocycles. The molecule has 0 fully saturated rings. The van der Waals surface area contributed by atoms with Gasteiger partial charge < -0.3 is 10.1 Å². The summed E-state index contributed by atoms with van der Waals surface area (Å²) in [5.74, 6) is 1.54. The fraction of sp³-hybridized carbons (Fsp3) is 0.400. The van der Waals surface area contributed by atoms with Crippen LogP contribution < -0.4 is 10.1 Å². The first-order chi connectivity index (χ1) is 10.6. The van der Waals surface area contributed by atoms with E-state index in [-0.39, 0.29) is 0 Å². The lowest BCUT2D eigenvalue weighted by molar-refractivity contribution is 0.327. The van der Waals surface area contributed by atoms with E-state index in [9.17, 15) is 0 Å².